The maximum absolute atomic E-state index is 13.3. The average Bonchev–Trinajstić information content (AvgIpc) is 3.27. The number of aliphatic carboxylic acids is 1. The second-order valence-electron chi connectivity index (χ2n) is 7.96. The Morgan fingerprint density at radius 1 is 1.30 bits per heavy atom. The first kappa shape index (κ1) is 23.9. The molecule has 0 unspecified atom stereocenters. The zero-order valence-corrected chi connectivity index (χ0v) is 20.1. The van der Waals surface area contributed by atoms with Crippen LogP contribution in [-0.4, -0.2) is 55.4 Å². The highest BCUT2D eigenvalue weighted by atomic mass is 35.5. The first-order chi connectivity index (χ1) is 15.7. The number of aryl methyl sites for hydroxylation is 1. The Bertz CT molecular complexity index is 1190. The molecule has 176 valence electrons. The lowest BCUT2D eigenvalue weighted by Crippen LogP contribution is -2.46. The molecule has 1 atom stereocenters. The molecular formula is C22H24ClN3O5S2. The Morgan fingerprint density at radius 2 is 2.12 bits per heavy atom. The van der Waals surface area contributed by atoms with Crippen LogP contribution in [0, 0.1) is 0 Å². The number of sulfonamides is 1. The third kappa shape index (κ3) is 5.47. The fraction of sp³-hybridized carbons (Fsp3) is 0.364. The number of carboxylic acids is 1. The molecule has 2 aromatic rings. The molecule has 1 saturated heterocycles. The molecule has 1 fully saturated rings. The standard InChI is InChI=1S/C22H24ClN3O5S2/c23-20-6-5-18(32-20)8-11-33(30,31)26(14-21(27)28)19-7-10-25(22(19)29)17-4-3-16-13-24-9-1-2-15(16)12-17/h3-6,8,11-12,19,24H,1-2,7,9-10,13-14H2,(H,27,28)/b11-8+/t19-/m0/s1. The molecule has 1 aromatic heterocycles. The van der Waals surface area contributed by atoms with Gasteiger partial charge in [-0.05, 0) is 67.3 Å². The molecular weight excluding hydrogens is 486 g/mol. The van der Waals surface area contributed by atoms with Crippen molar-refractivity contribution in [1.29, 1.82) is 0 Å². The van der Waals surface area contributed by atoms with Gasteiger partial charge in [-0.15, -0.1) is 11.3 Å². The summed E-state index contributed by atoms with van der Waals surface area (Å²) in [5.41, 5.74) is 3.06. The third-order valence-electron chi connectivity index (χ3n) is 5.76. The number of halogens is 1. The van der Waals surface area contributed by atoms with Crippen LogP contribution in [0.1, 0.15) is 28.8 Å². The molecule has 8 nitrogen and oxygen atoms in total. The summed E-state index contributed by atoms with van der Waals surface area (Å²) in [6.07, 6.45) is 3.47. The average molecular weight is 510 g/mol. The lowest BCUT2D eigenvalue weighted by molar-refractivity contribution is -0.137. The highest BCUT2D eigenvalue weighted by Crippen LogP contribution is 2.29. The van der Waals surface area contributed by atoms with Gasteiger partial charge in [0.05, 0.1) is 4.34 Å². The van der Waals surface area contributed by atoms with Gasteiger partial charge in [-0.3, -0.25) is 9.59 Å². The zero-order chi connectivity index (χ0) is 23.6. The van der Waals surface area contributed by atoms with E-state index in [-0.39, 0.29) is 6.42 Å². The zero-order valence-electron chi connectivity index (χ0n) is 17.7. The molecule has 3 heterocycles. The molecule has 2 aliphatic rings. The van der Waals surface area contributed by atoms with E-state index < -0.39 is 34.5 Å². The van der Waals surface area contributed by atoms with Crippen LogP contribution in [0.5, 0.6) is 0 Å². The number of amides is 1. The minimum absolute atomic E-state index is 0.211. The van der Waals surface area contributed by atoms with Gasteiger partial charge in [0.25, 0.3) is 0 Å². The van der Waals surface area contributed by atoms with Gasteiger partial charge in [0.1, 0.15) is 12.6 Å². The molecule has 4 rings (SSSR count). The number of fused-ring (bicyclic) bond motifs is 1. The van der Waals surface area contributed by atoms with Gasteiger partial charge in [0, 0.05) is 29.1 Å². The minimum Gasteiger partial charge on any atom is -0.480 e. The van der Waals surface area contributed by atoms with Crippen LogP contribution in [0.4, 0.5) is 5.69 Å². The first-order valence-electron chi connectivity index (χ1n) is 10.6. The molecule has 2 aliphatic heterocycles. The summed E-state index contributed by atoms with van der Waals surface area (Å²) >= 11 is 7.08. The Kier molecular flexibility index (Phi) is 7.20. The fourth-order valence-electron chi connectivity index (χ4n) is 4.16. The molecule has 0 saturated carbocycles. The maximum Gasteiger partial charge on any atom is 0.318 e. The van der Waals surface area contributed by atoms with E-state index in [1.807, 2.05) is 18.2 Å². The second-order valence-corrected chi connectivity index (χ2v) is 11.5. The Balaban J connectivity index is 1.58. The van der Waals surface area contributed by atoms with E-state index in [2.05, 4.69) is 5.32 Å². The molecule has 2 N–H and O–H groups in total. The maximum atomic E-state index is 13.3. The van der Waals surface area contributed by atoms with E-state index in [1.54, 1.807) is 17.0 Å². The number of hydrogen-bond acceptors (Lipinski definition) is 6. The summed E-state index contributed by atoms with van der Waals surface area (Å²) in [7, 11) is -4.17. The minimum atomic E-state index is -4.17. The quantitative estimate of drug-likeness (QED) is 0.594. The number of rotatable bonds is 7. The van der Waals surface area contributed by atoms with Gasteiger partial charge in [-0.1, -0.05) is 17.7 Å². The van der Waals surface area contributed by atoms with Crippen molar-refractivity contribution in [2.75, 3.05) is 24.5 Å². The van der Waals surface area contributed by atoms with Crippen molar-refractivity contribution < 1.29 is 23.1 Å². The molecule has 1 aromatic carbocycles. The van der Waals surface area contributed by atoms with Crippen LogP contribution in [-0.2, 0) is 32.6 Å². The van der Waals surface area contributed by atoms with Gasteiger partial charge in [-0.25, -0.2) is 8.42 Å². The SMILES string of the molecule is O=C(O)CN([C@H]1CCN(c2ccc3c(c2)CCCNC3)C1=O)S(=O)(=O)/C=C/c1ccc(Cl)s1. The Labute approximate surface area is 201 Å². The molecule has 33 heavy (non-hydrogen) atoms. The number of carboxylic acid groups (broad SMARTS) is 1. The first-order valence-corrected chi connectivity index (χ1v) is 13.3. The van der Waals surface area contributed by atoms with Crippen LogP contribution >= 0.6 is 22.9 Å². The van der Waals surface area contributed by atoms with Crippen LogP contribution in [0.2, 0.25) is 4.34 Å². The summed E-state index contributed by atoms with van der Waals surface area (Å²) in [6.45, 7) is 1.23. The van der Waals surface area contributed by atoms with Crippen molar-refractivity contribution in [3.63, 3.8) is 0 Å². The highest BCUT2D eigenvalue weighted by molar-refractivity contribution is 7.92. The second kappa shape index (κ2) is 9.94. The lowest BCUT2D eigenvalue weighted by atomic mass is 10.0. The number of nitrogens with one attached hydrogen (secondary N) is 1. The topological polar surface area (TPSA) is 107 Å². The lowest BCUT2D eigenvalue weighted by Gasteiger charge is -2.25. The van der Waals surface area contributed by atoms with E-state index in [9.17, 15) is 23.1 Å². The number of carbonyl (C=O) groups excluding carboxylic acids is 1. The normalized spacial score (nSPS) is 19.3. The van der Waals surface area contributed by atoms with Crippen molar-refractivity contribution in [1.82, 2.24) is 9.62 Å². The van der Waals surface area contributed by atoms with Crippen LogP contribution < -0.4 is 10.2 Å². The van der Waals surface area contributed by atoms with Crippen LogP contribution in [0.3, 0.4) is 0 Å². The van der Waals surface area contributed by atoms with E-state index in [0.717, 1.165) is 35.6 Å². The van der Waals surface area contributed by atoms with E-state index in [1.165, 1.54) is 28.5 Å². The number of nitrogens with zero attached hydrogens (tertiary/aromatic N) is 2. The molecule has 0 spiro atoms. The van der Waals surface area contributed by atoms with E-state index >= 15 is 0 Å². The number of anilines is 1. The highest BCUT2D eigenvalue weighted by Gasteiger charge is 2.42. The molecule has 1 amide bonds. The summed E-state index contributed by atoms with van der Waals surface area (Å²) in [4.78, 5) is 26.9. The molecule has 0 aliphatic carbocycles. The largest absolute Gasteiger partial charge is 0.480 e. The van der Waals surface area contributed by atoms with Crippen LogP contribution in [0.25, 0.3) is 6.08 Å². The van der Waals surface area contributed by atoms with Crippen molar-refractivity contribution in [3.8, 4) is 0 Å². The third-order valence-corrected chi connectivity index (χ3v) is 8.47. The summed E-state index contributed by atoms with van der Waals surface area (Å²) in [5, 5.41) is 13.6. The number of carbonyl (C=O) groups is 2. The molecule has 0 bridgehead atoms. The van der Waals surface area contributed by atoms with Crippen LogP contribution in [0.15, 0.2) is 35.7 Å². The Hall–Kier alpha value is -2.24. The number of thiophene rings is 1. The predicted octanol–water partition coefficient (Wildman–Crippen LogP) is 2.93. The smallest absolute Gasteiger partial charge is 0.318 e. The predicted molar refractivity (Wildman–Crippen MR) is 129 cm³/mol. The van der Waals surface area contributed by atoms with Gasteiger partial charge in [0.15, 0.2) is 0 Å². The van der Waals surface area contributed by atoms with Crippen molar-refractivity contribution >= 4 is 56.6 Å². The van der Waals surface area contributed by atoms with Gasteiger partial charge in [0.2, 0.25) is 15.9 Å². The van der Waals surface area contributed by atoms with Crippen molar-refractivity contribution in [3.05, 3.63) is 56.1 Å². The molecule has 0 radical (unpaired) electrons. The van der Waals surface area contributed by atoms with Crippen molar-refractivity contribution in [2.45, 2.75) is 31.8 Å². The fourth-order valence-corrected chi connectivity index (χ4v) is 6.53. The monoisotopic (exact) mass is 509 g/mol. The summed E-state index contributed by atoms with van der Waals surface area (Å²) in [5.74, 6) is -1.74. The van der Waals surface area contributed by atoms with E-state index in [0.29, 0.717) is 21.4 Å². The summed E-state index contributed by atoms with van der Waals surface area (Å²) < 4.78 is 27.3. The van der Waals surface area contributed by atoms with Crippen molar-refractivity contribution in [2.24, 2.45) is 0 Å². The van der Waals surface area contributed by atoms with E-state index in [4.69, 9.17) is 11.6 Å². The van der Waals surface area contributed by atoms with Gasteiger partial charge in [-0.2, -0.15) is 4.31 Å². The Morgan fingerprint density at radius 3 is 2.85 bits per heavy atom. The van der Waals surface area contributed by atoms with Gasteiger partial charge < -0.3 is 15.3 Å². The number of hydrogen-bond donors (Lipinski definition) is 2. The van der Waals surface area contributed by atoms with Gasteiger partial charge >= 0.3 is 5.97 Å². The molecule has 11 heteroatoms. The number of benzene rings is 1. The summed E-state index contributed by atoms with van der Waals surface area (Å²) in [6, 6.07) is 8.06.